The first-order valence-electron chi connectivity index (χ1n) is 7.65. The van der Waals surface area contributed by atoms with Crippen LogP contribution in [0, 0.1) is 6.92 Å². The van der Waals surface area contributed by atoms with Gasteiger partial charge in [-0.15, -0.1) is 0 Å². The van der Waals surface area contributed by atoms with E-state index >= 15 is 0 Å². The summed E-state index contributed by atoms with van der Waals surface area (Å²) in [7, 11) is 0. The van der Waals surface area contributed by atoms with Crippen LogP contribution < -0.4 is 15.6 Å². The van der Waals surface area contributed by atoms with E-state index < -0.39 is 29.5 Å². The minimum Gasteiger partial charge on any atom is -0.348 e. The lowest BCUT2D eigenvalue weighted by molar-refractivity contribution is -0.364. The average Bonchev–Trinajstić information content (AvgIpc) is 2.57. The van der Waals surface area contributed by atoms with E-state index in [9.17, 15) is 31.1 Å². The van der Waals surface area contributed by atoms with Gasteiger partial charge < -0.3 is 5.32 Å². The van der Waals surface area contributed by atoms with Gasteiger partial charge in [0.1, 0.15) is 17.8 Å². The normalized spacial score (nSPS) is 12.0. The SMILES string of the molecule is Cc1nc(C(F)(F)F)ccc1C(=O)NCCNc1[nH+]cccc1C(F)(F)F. The van der Waals surface area contributed by atoms with Gasteiger partial charge in [0, 0.05) is 0 Å². The smallest absolute Gasteiger partial charge is 0.348 e. The highest BCUT2D eigenvalue weighted by molar-refractivity contribution is 5.95. The van der Waals surface area contributed by atoms with Crippen molar-refractivity contribution in [2.45, 2.75) is 19.3 Å². The first kappa shape index (κ1) is 20.5. The number of carbonyl (C=O) groups excluding carboxylic acids is 1. The lowest BCUT2D eigenvalue weighted by atomic mass is 10.1. The summed E-state index contributed by atoms with van der Waals surface area (Å²) in [5.74, 6) is -0.935. The highest BCUT2D eigenvalue weighted by atomic mass is 19.4. The van der Waals surface area contributed by atoms with Gasteiger partial charge in [-0.1, -0.05) is 0 Å². The Hall–Kier alpha value is -2.85. The van der Waals surface area contributed by atoms with Crippen LogP contribution in [-0.4, -0.2) is 24.0 Å². The summed E-state index contributed by atoms with van der Waals surface area (Å²) in [5.41, 5.74) is -2.16. The Balaban J connectivity index is 1.94. The van der Waals surface area contributed by atoms with Gasteiger partial charge in [-0.2, -0.15) is 26.3 Å². The summed E-state index contributed by atoms with van der Waals surface area (Å²) in [6, 6.07) is 3.79. The molecule has 2 aromatic heterocycles. The molecule has 0 saturated carbocycles. The van der Waals surface area contributed by atoms with Crippen LogP contribution in [0.5, 0.6) is 0 Å². The Kier molecular flexibility index (Phi) is 5.91. The third-order valence-electron chi connectivity index (χ3n) is 3.49. The van der Waals surface area contributed by atoms with Gasteiger partial charge >= 0.3 is 12.4 Å². The molecule has 0 radical (unpaired) electrons. The lowest BCUT2D eigenvalue weighted by Crippen LogP contribution is -2.31. The molecule has 0 saturated heterocycles. The number of halogens is 6. The minimum absolute atomic E-state index is 0.0392. The Labute approximate surface area is 149 Å². The zero-order chi connectivity index (χ0) is 20.2. The van der Waals surface area contributed by atoms with Crippen molar-refractivity contribution in [2.75, 3.05) is 18.4 Å². The van der Waals surface area contributed by atoms with E-state index in [1.807, 2.05) is 0 Å². The molecular weight excluding hydrogens is 378 g/mol. The number of nitrogens with zero attached hydrogens (tertiary/aromatic N) is 1. The molecule has 2 heterocycles. The summed E-state index contributed by atoms with van der Waals surface area (Å²) in [5, 5.41) is 4.92. The van der Waals surface area contributed by atoms with Gasteiger partial charge in [-0.25, -0.2) is 9.97 Å². The van der Waals surface area contributed by atoms with Crippen molar-refractivity contribution in [3.05, 3.63) is 53.0 Å². The number of carbonyl (C=O) groups is 1. The van der Waals surface area contributed by atoms with Crippen LogP contribution in [0.2, 0.25) is 0 Å². The van der Waals surface area contributed by atoms with E-state index in [4.69, 9.17) is 0 Å². The Bertz CT molecular complexity index is 819. The van der Waals surface area contributed by atoms with E-state index in [1.165, 1.54) is 19.2 Å². The quantitative estimate of drug-likeness (QED) is 0.606. The second-order valence-corrected chi connectivity index (χ2v) is 5.47. The van der Waals surface area contributed by atoms with Gasteiger partial charge in [0.2, 0.25) is 0 Å². The molecule has 0 aliphatic rings. The van der Waals surface area contributed by atoms with Gasteiger partial charge in [0.25, 0.3) is 11.7 Å². The molecule has 0 aliphatic carbocycles. The van der Waals surface area contributed by atoms with Crippen molar-refractivity contribution in [1.82, 2.24) is 10.3 Å². The third kappa shape index (κ3) is 5.31. The first-order valence-corrected chi connectivity index (χ1v) is 7.65. The highest BCUT2D eigenvalue weighted by Gasteiger charge is 2.36. The maximum Gasteiger partial charge on any atom is 0.433 e. The maximum absolute atomic E-state index is 12.9. The Morgan fingerprint density at radius 2 is 1.78 bits per heavy atom. The molecule has 0 aliphatic heterocycles. The predicted octanol–water partition coefficient (Wildman–Crippen LogP) is 3.08. The molecule has 3 N–H and O–H groups in total. The molecular formula is C16H15F6N4O+. The number of H-pyrrole nitrogens is 1. The molecule has 0 spiro atoms. The van der Waals surface area contributed by atoms with Crippen LogP contribution >= 0.6 is 0 Å². The number of anilines is 1. The summed E-state index contributed by atoms with van der Waals surface area (Å²) >= 11 is 0. The number of alkyl halides is 6. The molecule has 0 aromatic carbocycles. The Morgan fingerprint density at radius 3 is 2.37 bits per heavy atom. The summed E-state index contributed by atoms with van der Waals surface area (Å²) < 4.78 is 76.3. The molecule has 0 bridgehead atoms. The molecule has 0 unspecified atom stereocenters. The molecule has 2 rings (SSSR count). The van der Waals surface area contributed by atoms with Crippen molar-refractivity contribution in [2.24, 2.45) is 0 Å². The molecule has 5 nitrogen and oxygen atoms in total. The van der Waals surface area contributed by atoms with Crippen molar-refractivity contribution in [1.29, 1.82) is 0 Å². The maximum atomic E-state index is 12.9. The van der Waals surface area contributed by atoms with Crippen LogP contribution in [0.25, 0.3) is 0 Å². The largest absolute Gasteiger partial charge is 0.433 e. The lowest BCUT2D eigenvalue weighted by Gasteiger charge is -2.11. The van der Waals surface area contributed by atoms with Gasteiger partial charge in [-0.05, 0) is 31.2 Å². The van der Waals surface area contributed by atoms with Crippen LogP contribution in [0.4, 0.5) is 32.2 Å². The Morgan fingerprint density at radius 1 is 1.07 bits per heavy atom. The minimum atomic E-state index is -4.62. The summed E-state index contributed by atoms with van der Waals surface area (Å²) in [4.78, 5) is 17.8. The molecule has 1 amide bonds. The second kappa shape index (κ2) is 7.80. The number of hydrogen-bond donors (Lipinski definition) is 2. The van der Waals surface area contributed by atoms with Crippen LogP contribution in [0.3, 0.4) is 0 Å². The van der Waals surface area contributed by atoms with E-state index in [0.717, 1.165) is 12.1 Å². The first-order chi connectivity index (χ1) is 12.5. The summed E-state index contributed by atoms with van der Waals surface area (Å²) in [6.07, 6.45) is -7.86. The van der Waals surface area contributed by atoms with E-state index in [2.05, 4.69) is 20.6 Å². The molecule has 11 heteroatoms. The third-order valence-corrected chi connectivity index (χ3v) is 3.49. The van der Waals surface area contributed by atoms with Gasteiger partial charge in [0.15, 0.2) is 0 Å². The van der Waals surface area contributed by atoms with E-state index in [-0.39, 0.29) is 30.2 Å². The average molecular weight is 393 g/mol. The van der Waals surface area contributed by atoms with Gasteiger partial charge in [-0.3, -0.25) is 10.1 Å². The fourth-order valence-corrected chi connectivity index (χ4v) is 2.24. The number of pyridine rings is 2. The number of aromatic nitrogens is 2. The van der Waals surface area contributed by atoms with Crippen molar-refractivity contribution < 1.29 is 36.1 Å². The van der Waals surface area contributed by atoms with Crippen LogP contribution in [0.15, 0.2) is 30.5 Å². The summed E-state index contributed by atoms with van der Waals surface area (Å²) in [6.45, 7) is 1.17. The molecule has 27 heavy (non-hydrogen) atoms. The zero-order valence-electron chi connectivity index (χ0n) is 13.9. The predicted molar refractivity (Wildman–Crippen MR) is 82.8 cm³/mol. The highest BCUT2D eigenvalue weighted by Crippen LogP contribution is 2.32. The fraction of sp³-hybridized carbons (Fsp3) is 0.312. The van der Waals surface area contributed by atoms with E-state index in [0.29, 0.717) is 6.07 Å². The fourth-order valence-electron chi connectivity index (χ4n) is 2.24. The molecule has 0 fully saturated rings. The van der Waals surface area contributed by atoms with Gasteiger partial charge in [0.05, 0.1) is 24.0 Å². The second-order valence-electron chi connectivity index (χ2n) is 5.47. The number of hydrogen-bond acceptors (Lipinski definition) is 3. The number of aromatic amines is 1. The van der Waals surface area contributed by atoms with Crippen molar-refractivity contribution in [3.8, 4) is 0 Å². The number of rotatable bonds is 5. The number of nitrogens with one attached hydrogen (secondary N) is 3. The van der Waals surface area contributed by atoms with Crippen LogP contribution in [0.1, 0.15) is 27.3 Å². The zero-order valence-corrected chi connectivity index (χ0v) is 13.9. The molecule has 146 valence electrons. The van der Waals surface area contributed by atoms with Crippen LogP contribution in [-0.2, 0) is 12.4 Å². The molecule has 0 atom stereocenters. The standard InChI is InChI=1S/C16H14F6N4O/c1-9-10(4-5-12(26-9)16(20,21)22)14(27)25-8-7-24-13-11(15(17,18)19)3-2-6-23-13/h2-6H,7-8H2,1H3,(H,23,24)(H,25,27)/p+1. The van der Waals surface area contributed by atoms with Crippen molar-refractivity contribution >= 4 is 11.7 Å². The molecule has 2 aromatic rings. The van der Waals surface area contributed by atoms with E-state index in [1.54, 1.807) is 0 Å². The number of amides is 1. The topological polar surface area (TPSA) is 68.2 Å². The number of aryl methyl sites for hydroxylation is 1. The van der Waals surface area contributed by atoms with Crippen molar-refractivity contribution in [3.63, 3.8) is 0 Å². The monoisotopic (exact) mass is 393 g/mol.